The predicted molar refractivity (Wildman–Crippen MR) is 102 cm³/mol. The quantitative estimate of drug-likeness (QED) is 0.438. The Morgan fingerprint density at radius 2 is 2.07 bits per heavy atom. The molecule has 0 aliphatic rings. The van der Waals surface area contributed by atoms with E-state index in [0.717, 1.165) is 28.7 Å². The highest BCUT2D eigenvalue weighted by Crippen LogP contribution is 2.30. The third-order valence-electron chi connectivity index (χ3n) is 3.92. The molecular formula is C18H20F3N5S. The Morgan fingerprint density at radius 3 is 2.81 bits per heavy atom. The summed E-state index contributed by atoms with van der Waals surface area (Å²) in [6, 6.07) is 8.09. The number of nitrogens with zero attached hydrogens (tertiary/aromatic N) is 2. The molecule has 5 nitrogen and oxygen atoms in total. The third kappa shape index (κ3) is 5.00. The molecule has 3 N–H and O–H groups in total. The number of para-hydroxylation sites is 1. The molecule has 0 atom stereocenters. The fourth-order valence-electron chi connectivity index (χ4n) is 2.66. The summed E-state index contributed by atoms with van der Waals surface area (Å²) < 4.78 is 37.8. The van der Waals surface area contributed by atoms with Gasteiger partial charge in [-0.25, -0.2) is 9.98 Å². The number of aromatic amines is 1. The van der Waals surface area contributed by atoms with Gasteiger partial charge >= 0.3 is 6.18 Å². The molecular weight excluding hydrogens is 375 g/mol. The Morgan fingerprint density at radius 1 is 1.26 bits per heavy atom. The highest BCUT2D eigenvalue weighted by Gasteiger charge is 2.33. The summed E-state index contributed by atoms with van der Waals surface area (Å²) in [5, 5.41) is 8.83. The zero-order valence-corrected chi connectivity index (χ0v) is 15.5. The van der Waals surface area contributed by atoms with Crippen LogP contribution in [0.5, 0.6) is 0 Å². The van der Waals surface area contributed by atoms with E-state index >= 15 is 0 Å². The first-order valence-electron chi connectivity index (χ1n) is 8.56. The summed E-state index contributed by atoms with van der Waals surface area (Å²) in [5.74, 6) is 0.557. The van der Waals surface area contributed by atoms with Gasteiger partial charge < -0.3 is 15.6 Å². The Hall–Kier alpha value is -2.55. The predicted octanol–water partition coefficient (Wildman–Crippen LogP) is 3.94. The van der Waals surface area contributed by atoms with Crippen LogP contribution in [0.2, 0.25) is 0 Å². The van der Waals surface area contributed by atoms with Crippen molar-refractivity contribution in [3.63, 3.8) is 0 Å². The number of aliphatic imine (C=N–C) groups is 1. The van der Waals surface area contributed by atoms with E-state index in [1.54, 1.807) is 0 Å². The first-order chi connectivity index (χ1) is 13.0. The number of thiazole rings is 1. The Bertz CT molecular complexity index is 913. The first kappa shape index (κ1) is 19.2. The van der Waals surface area contributed by atoms with Crippen LogP contribution in [0.4, 0.5) is 13.2 Å². The third-order valence-corrected chi connectivity index (χ3v) is 4.75. The zero-order chi connectivity index (χ0) is 19.3. The van der Waals surface area contributed by atoms with E-state index in [0.29, 0.717) is 24.1 Å². The fourth-order valence-corrected chi connectivity index (χ4v) is 3.38. The molecule has 0 spiro atoms. The van der Waals surface area contributed by atoms with Crippen molar-refractivity contribution >= 4 is 28.2 Å². The van der Waals surface area contributed by atoms with E-state index in [1.807, 2.05) is 31.3 Å². The van der Waals surface area contributed by atoms with Crippen LogP contribution >= 0.6 is 11.3 Å². The molecule has 3 aromatic rings. The second-order valence-electron chi connectivity index (χ2n) is 5.86. The molecule has 0 fully saturated rings. The minimum absolute atomic E-state index is 0.100. The monoisotopic (exact) mass is 395 g/mol. The summed E-state index contributed by atoms with van der Waals surface area (Å²) in [4.78, 5) is 11.2. The van der Waals surface area contributed by atoms with Gasteiger partial charge in [0.15, 0.2) is 11.7 Å². The molecule has 0 aliphatic heterocycles. The van der Waals surface area contributed by atoms with Gasteiger partial charge in [0.2, 0.25) is 0 Å². The summed E-state index contributed by atoms with van der Waals surface area (Å²) >= 11 is 0.962. The highest BCUT2D eigenvalue weighted by molar-refractivity contribution is 7.09. The Kier molecular flexibility index (Phi) is 6.00. The second-order valence-corrected chi connectivity index (χ2v) is 6.80. The molecule has 27 heavy (non-hydrogen) atoms. The fraction of sp³-hybridized carbons (Fsp3) is 0.333. The van der Waals surface area contributed by atoms with Gasteiger partial charge in [0.25, 0.3) is 0 Å². The maximum atomic E-state index is 12.6. The minimum atomic E-state index is -4.42. The van der Waals surface area contributed by atoms with E-state index in [4.69, 9.17) is 0 Å². The SMILES string of the molecule is CCNC(=NCc1nc(C(F)(F)F)cs1)NCCc1c[nH]c2ccccc12. The highest BCUT2D eigenvalue weighted by atomic mass is 32.1. The lowest BCUT2D eigenvalue weighted by Gasteiger charge is -2.10. The lowest BCUT2D eigenvalue weighted by Crippen LogP contribution is -2.38. The topological polar surface area (TPSA) is 65.1 Å². The van der Waals surface area contributed by atoms with Crippen LogP contribution in [-0.4, -0.2) is 29.0 Å². The van der Waals surface area contributed by atoms with Crippen LogP contribution < -0.4 is 10.6 Å². The molecule has 3 rings (SSSR count). The number of hydrogen-bond acceptors (Lipinski definition) is 3. The summed E-state index contributed by atoms with van der Waals surface area (Å²) in [6.45, 7) is 3.34. The molecule has 0 radical (unpaired) electrons. The number of rotatable bonds is 6. The number of alkyl halides is 3. The van der Waals surface area contributed by atoms with E-state index in [9.17, 15) is 13.2 Å². The van der Waals surface area contributed by atoms with Crippen LogP contribution in [0.15, 0.2) is 40.8 Å². The van der Waals surface area contributed by atoms with Gasteiger partial charge in [0.1, 0.15) is 5.01 Å². The van der Waals surface area contributed by atoms with Gasteiger partial charge in [-0.15, -0.1) is 11.3 Å². The molecule has 0 amide bonds. The van der Waals surface area contributed by atoms with E-state index in [2.05, 4.69) is 31.7 Å². The molecule has 0 unspecified atom stereocenters. The lowest BCUT2D eigenvalue weighted by molar-refractivity contribution is -0.140. The number of hydrogen-bond donors (Lipinski definition) is 3. The van der Waals surface area contributed by atoms with Crippen molar-refractivity contribution in [2.75, 3.05) is 13.1 Å². The summed E-state index contributed by atoms with van der Waals surface area (Å²) in [7, 11) is 0. The molecule has 2 aromatic heterocycles. The number of nitrogens with one attached hydrogen (secondary N) is 3. The van der Waals surface area contributed by atoms with Gasteiger partial charge in [0, 0.05) is 35.6 Å². The maximum absolute atomic E-state index is 12.6. The number of H-pyrrole nitrogens is 1. The molecule has 2 heterocycles. The van der Waals surface area contributed by atoms with Crippen LogP contribution in [-0.2, 0) is 19.1 Å². The van der Waals surface area contributed by atoms with Gasteiger partial charge in [-0.1, -0.05) is 18.2 Å². The van der Waals surface area contributed by atoms with Crippen LogP contribution in [0, 0.1) is 0 Å². The van der Waals surface area contributed by atoms with Crippen molar-refractivity contribution in [1.29, 1.82) is 0 Å². The van der Waals surface area contributed by atoms with Gasteiger partial charge in [-0.3, -0.25) is 0 Å². The number of fused-ring (bicyclic) bond motifs is 1. The van der Waals surface area contributed by atoms with E-state index < -0.39 is 11.9 Å². The van der Waals surface area contributed by atoms with Crippen LogP contribution in [0.3, 0.4) is 0 Å². The van der Waals surface area contributed by atoms with Crippen molar-refractivity contribution in [3.05, 3.63) is 52.1 Å². The Labute approximate surface area is 158 Å². The van der Waals surface area contributed by atoms with Crippen molar-refractivity contribution < 1.29 is 13.2 Å². The van der Waals surface area contributed by atoms with Gasteiger partial charge in [-0.05, 0) is 25.0 Å². The van der Waals surface area contributed by atoms with Crippen molar-refractivity contribution in [2.45, 2.75) is 26.1 Å². The number of guanidine groups is 1. The van der Waals surface area contributed by atoms with E-state index in [-0.39, 0.29) is 6.54 Å². The molecule has 9 heteroatoms. The first-order valence-corrected chi connectivity index (χ1v) is 9.44. The van der Waals surface area contributed by atoms with Crippen LogP contribution in [0.25, 0.3) is 10.9 Å². The van der Waals surface area contributed by atoms with Crippen molar-refractivity contribution in [2.24, 2.45) is 4.99 Å². The van der Waals surface area contributed by atoms with Gasteiger partial charge in [-0.2, -0.15) is 13.2 Å². The average molecular weight is 395 g/mol. The molecule has 0 bridgehead atoms. The minimum Gasteiger partial charge on any atom is -0.361 e. The van der Waals surface area contributed by atoms with E-state index in [1.165, 1.54) is 10.9 Å². The Balaban J connectivity index is 1.58. The average Bonchev–Trinajstić information content (AvgIpc) is 3.27. The van der Waals surface area contributed by atoms with Crippen molar-refractivity contribution in [3.8, 4) is 0 Å². The largest absolute Gasteiger partial charge is 0.434 e. The van der Waals surface area contributed by atoms with Crippen LogP contribution in [0.1, 0.15) is 23.2 Å². The number of benzene rings is 1. The molecule has 0 saturated carbocycles. The zero-order valence-electron chi connectivity index (χ0n) is 14.7. The molecule has 144 valence electrons. The number of halogens is 3. The summed E-state index contributed by atoms with van der Waals surface area (Å²) in [5.41, 5.74) is 1.43. The second kappa shape index (κ2) is 8.43. The lowest BCUT2D eigenvalue weighted by atomic mass is 10.1. The molecule has 0 saturated heterocycles. The van der Waals surface area contributed by atoms with Gasteiger partial charge in [0.05, 0.1) is 6.54 Å². The van der Waals surface area contributed by atoms with Crippen molar-refractivity contribution in [1.82, 2.24) is 20.6 Å². The smallest absolute Gasteiger partial charge is 0.361 e. The normalized spacial score (nSPS) is 12.5. The molecule has 0 aliphatic carbocycles. The standard InChI is InChI=1S/C18H20F3N5S/c1-2-22-17(25-10-16-26-15(11-27-16)18(19,20)21)23-8-7-12-9-24-14-6-4-3-5-13(12)14/h3-6,9,11,24H,2,7-8,10H2,1H3,(H2,22,23,25). The summed E-state index contributed by atoms with van der Waals surface area (Å²) in [6.07, 6.45) is -1.63. The number of aromatic nitrogens is 2. The molecule has 1 aromatic carbocycles. The maximum Gasteiger partial charge on any atom is 0.434 e.